The average molecular weight is 282 g/mol. The Bertz CT molecular complexity index is 441. The highest BCUT2D eigenvalue weighted by Gasteiger charge is 2.20. The first-order valence-corrected chi connectivity index (χ1v) is 7.07. The van der Waals surface area contributed by atoms with E-state index in [1.807, 2.05) is 4.68 Å². The summed E-state index contributed by atoms with van der Waals surface area (Å²) in [4.78, 5) is 14.0. The minimum Gasteiger partial charge on any atom is -0.464 e. The lowest BCUT2D eigenvalue weighted by Gasteiger charge is -2.26. The number of aromatic nitrogens is 3. The van der Waals surface area contributed by atoms with Crippen LogP contribution in [-0.4, -0.2) is 65.8 Å². The molecule has 0 amide bonds. The highest BCUT2D eigenvalue weighted by molar-refractivity contribution is 5.88. The highest BCUT2D eigenvalue weighted by atomic mass is 16.5. The van der Waals surface area contributed by atoms with Crippen molar-refractivity contribution in [3.63, 3.8) is 0 Å². The number of hydrogen-bond donors (Lipinski definition) is 0. The lowest BCUT2D eigenvalue weighted by Crippen LogP contribution is -2.38. The first kappa shape index (κ1) is 14.9. The second-order valence-electron chi connectivity index (χ2n) is 4.80. The van der Waals surface area contributed by atoms with Crippen molar-refractivity contribution in [1.82, 2.24) is 19.9 Å². The fourth-order valence-corrected chi connectivity index (χ4v) is 2.31. The molecule has 20 heavy (non-hydrogen) atoms. The number of methoxy groups -OCH3 is 1. The van der Waals surface area contributed by atoms with Crippen LogP contribution < -0.4 is 0 Å². The summed E-state index contributed by atoms with van der Waals surface area (Å²) in [7, 11) is 1.37. The molecule has 0 radical (unpaired) electrons. The van der Waals surface area contributed by atoms with Gasteiger partial charge in [0.1, 0.15) is 0 Å². The summed E-state index contributed by atoms with van der Waals surface area (Å²) in [5.74, 6) is -0.411. The highest BCUT2D eigenvalue weighted by Crippen LogP contribution is 2.10. The van der Waals surface area contributed by atoms with Gasteiger partial charge in [0.2, 0.25) is 0 Å². The average Bonchev–Trinajstić information content (AvgIpc) is 2.89. The monoisotopic (exact) mass is 282 g/mol. The van der Waals surface area contributed by atoms with Crippen molar-refractivity contribution in [3.05, 3.63) is 11.4 Å². The van der Waals surface area contributed by atoms with E-state index in [4.69, 9.17) is 9.47 Å². The molecule has 1 saturated heterocycles. The van der Waals surface area contributed by atoms with Gasteiger partial charge in [-0.05, 0) is 6.42 Å². The van der Waals surface area contributed by atoms with Crippen LogP contribution in [0.25, 0.3) is 0 Å². The van der Waals surface area contributed by atoms with Crippen LogP contribution in [0.3, 0.4) is 0 Å². The number of nitrogens with zero attached hydrogens (tertiary/aromatic N) is 4. The van der Waals surface area contributed by atoms with Crippen LogP contribution in [0, 0.1) is 0 Å². The zero-order valence-electron chi connectivity index (χ0n) is 12.2. The standard InChI is InChI=1S/C13H22N4O3/c1-3-4-11-12(13(18)19-2)14-15-17(11)6-5-16-7-9-20-10-8-16/h3-10H2,1-2H3. The van der Waals surface area contributed by atoms with Gasteiger partial charge in [0.05, 0.1) is 32.6 Å². The van der Waals surface area contributed by atoms with Gasteiger partial charge >= 0.3 is 5.97 Å². The quantitative estimate of drug-likeness (QED) is 0.701. The van der Waals surface area contributed by atoms with Gasteiger partial charge in [-0.2, -0.15) is 0 Å². The summed E-state index contributed by atoms with van der Waals surface area (Å²) in [6, 6.07) is 0. The first-order chi connectivity index (χ1) is 9.76. The van der Waals surface area contributed by atoms with Crippen molar-refractivity contribution < 1.29 is 14.3 Å². The number of rotatable bonds is 6. The molecule has 0 atom stereocenters. The van der Waals surface area contributed by atoms with E-state index in [1.165, 1.54) is 7.11 Å². The Morgan fingerprint density at radius 2 is 2.10 bits per heavy atom. The molecule has 0 spiro atoms. The van der Waals surface area contributed by atoms with Gasteiger partial charge in [0, 0.05) is 19.6 Å². The van der Waals surface area contributed by atoms with Gasteiger partial charge in [-0.25, -0.2) is 9.48 Å². The molecule has 1 aliphatic heterocycles. The molecule has 2 heterocycles. The molecule has 0 N–H and O–H groups in total. The topological polar surface area (TPSA) is 69.5 Å². The van der Waals surface area contributed by atoms with E-state index in [0.717, 1.165) is 57.9 Å². The van der Waals surface area contributed by atoms with Crippen molar-refractivity contribution in [3.8, 4) is 0 Å². The van der Waals surface area contributed by atoms with Gasteiger partial charge < -0.3 is 9.47 Å². The lowest BCUT2D eigenvalue weighted by molar-refractivity contribution is 0.0358. The van der Waals surface area contributed by atoms with Crippen LogP contribution >= 0.6 is 0 Å². The van der Waals surface area contributed by atoms with Crippen molar-refractivity contribution >= 4 is 5.97 Å². The summed E-state index contributed by atoms with van der Waals surface area (Å²) in [5, 5.41) is 8.06. The van der Waals surface area contributed by atoms with Crippen LogP contribution in [0.4, 0.5) is 0 Å². The van der Waals surface area contributed by atoms with Crippen molar-refractivity contribution in [2.75, 3.05) is 40.0 Å². The first-order valence-electron chi connectivity index (χ1n) is 7.07. The van der Waals surface area contributed by atoms with Crippen LogP contribution in [-0.2, 0) is 22.4 Å². The van der Waals surface area contributed by atoms with E-state index in [9.17, 15) is 4.79 Å². The van der Waals surface area contributed by atoms with E-state index in [0.29, 0.717) is 5.69 Å². The minimum atomic E-state index is -0.411. The molecular weight excluding hydrogens is 260 g/mol. The maximum absolute atomic E-state index is 11.7. The molecule has 1 fully saturated rings. The predicted octanol–water partition coefficient (Wildman–Crippen LogP) is 0.349. The lowest BCUT2D eigenvalue weighted by atomic mass is 10.2. The molecule has 1 aliphatic rings. The van der Waals surface area contributed by atoms with Gasteiger partial charge in [0.15, 0.2) is 5.69 Å². The second kappa shape index (κ2) is 7.35. The van der Waals surface area contributed by atoms with Crippen molar-refractivity contribution in [2.24, 2.45) is 0 Å². The Balaban J connectivity index is 2.02. The number of morpholine rings is 1. The molecule has 0 aliphatic carbocycles. The molecule has 7 nitrogen and oxygen atoms in total. The fraction of sp³-hybridized carbons (Fsp3) is 0.769. The Hall–Kier alpha value is -1.47. The predicted molar refractivity (Wildman–Crippen MR) is 72.6 cm³/mol. The summed E-state index contributed by atoms with van der Waals surface area (Å²) < 4.78 is 11.9. The number of ether oxygens (including phenoxy) is 2. The summed E-state index contributed by atoms with van der Waals surface area (Å²) >= 11 is 0. The summed E-state index contributed by atoms with van der Waals surface area (Å²) in [6.07, 6.45) is 1.72. The molecule has 0 saturated carbocycles. The fourth-order valence-electron chi connectivity index (χ4n) is 2.31. The molecule has 112 valence electrons. The molecular formula is C13H22N4O3. The van der Waals surface area contributed by atoms with Crippen LogP contribution in [0.5, 0.6) is 0 Å². The SMILES string of the molecule is CCCc1c(C(=O)OC)nnn1CCN1CCOCC1. The van der Waals surface area contributed by atoms with Crippen LogP contribution in [0.15, 0.2) is 0 Å². The van der Waals surface area contributed by atoms with Gasteiger partial charge in [0.25, 0.3) is 0 Å². The second-order valence-corrected chi connectivity index (χ2v) is 4.80. The van der Waals surface area contributed by atoms with Crippen LogP contribution in [0.2, 0.25) is 0 Å². The Labute approximate surface area is 118 Å². The Kier molecular flexibility index (Phi) is 5.49. The van der Waals surface area contributed by atoms with E-state index in [-0.39, 0.29) is 0 Å². The van der Waals surface area contributed by atoms with E-state index >= 15 is 0 Å². The molecule has 7 heteroatoms. The van der Waals surface area contributed by atoms with E-state index in [1.54, 1.807) is 0 Å². The largest absolute Gasteiger partial charge is 0.464 e. The third-order valence-corrected chi connectivity index (χ3v) is 3.43. The zero-order chi connectivity index (χ0) is 14.4. The third kappa shape index (κ3) is 3.55. The van der Waals surface area contributed by atoms with Gasteiger partial charge in [-0.15, -0.1) is 5.10 Å². The third-order valence-electron chi connectivity index (χ3n) is 3.43. The maximum atomic E-state index is 11.7. The van der Waals surface area contributed by atoms with Gasteiger partial charge in [-0.3, -0.25) is 4.90 Å². The smallest absolute Gasteiger partial charge is 0.360 e. The number of carbonyl (C=O) groups excluding carboxylic acids is 1. The molecule has 1 aromatic heterocycles. The number of carbonyl (C=O) groups is 1. The molecule has 0 unspecified atom stereocenters. The molecule has 1 aromatic rings. The van der Waals surface area contributed by atoms with E-state index in [2.05, 4.69) is 22.1 Å². The minimum absolute atomic E-state index is 0.344. The Morgan fingerprint density at radius 1 is 1.35 bits per heavy atom. The van der Waals surface area contributed by atoms with E-state index < -0.39 is 5.97 Å². The van der Waals surface area contributed by atoms with Crippen molar-refractivity contribution in [1.29, 1.82) is 0 Å². The number of esters is 1. The zero-order valence-corrected chi connectivity index (χ0v) is 12.2. The summed E-state index contributed by atoms with van der Waals surface area (Å²) in [5.41, 5.74) is 1.21. The summed E-state index contributed by atoms with van der Waals surface area (Å²) in [6.45, 7) is 7.16. The molecule has 2 rings (SSSR count). The number of hydrogen-bond acceptors (Lipinski definition) is 6. The normalized spacial score (nSPS) is 16.3. The molecule has 0 bridgehead atoms. The van der Waals surface area contributed by atoms with Crippen molar-refractivity contribution in [2.45, 2.75) is 26.3 Å². The van der Waals surface area contributed by atoms with Crippen LogP contribution in [0.1, 0.15) is 29.5 Å². The maximum Gasteiger partial charge on any atom is 0.360 e. The Morgan fingerprint density at radius 3 is 2.75 bits per heavy atom. The molecule has 0 aromatic carbocycles. The van der Waals surface area contributed by atoms with Gasteiger partial charge in [-0.1, -0.05) is 18.6 Å².